The van der Waals surface area contributed by atoms with Crippen LogP contribution in [0.1, 0.15) is 15.9 Å². The molecule has 0 heterocycles. The van der Waals surface area contributed by atoms with Gasteiger partial charge in [-0.25, -0.2) is 8.78 Å². The summed E-state index contributed by atoms with van der Waals surface area (Å²) < 4.78 is 25.9. The van der Waals surface area contributed by atoms with Crippen LogP contribution < -0.4 is 5.32 Å². The van der Waals surface area contributed by atoms with E-state index in [1.165, 1.54) is 14.0 Å². The van der Waals surface area contributed by atoms with E-state index in [4.69, 9.17) is 0 Å². The predicted molar refractivity (Wildman–Crippen MR) is 44.5 cm³/mol. The van der Waals surface area contributed by atoms with Crippen molar-refractivity contribution in [2.75, 3.05) is 7.05 Å². The molecule has 1 aromatic rings. The van der Waals surface area contributed by atoms with E-state index in [-0.39, 0.29) is 11.1 Å². The van der Waals surface area contributed by atoms with E-state index < -0.39 is 17.5 Å². The summed E-state index contributed by atoms with van der Waals surface area (Å²) in [7, 11) is 1.36. The molecular formula is C9H9F2NO. The monoisotopic (exact) mass is 185 g/mol. The highest BCUT2D eigenvalue weighted by molar-refractivity contribution is 5.94. The van der Waals surface area contributed by atoms with E-state index in [1.807, 2.05) is 0 Å². The van der Waals surface area contributed by atoms with Crippen LogP contribution in [0.15, 0.2) is 12.1 Å². The number of halogens is 2. The summed E-state index contributed by atoms with van der Waals surface area (Å²) in [6, 6.07) is 1.89. The van der Waals surface area contributed by atoms with Crippen LogP contribution in [0.3, 0.4) is 0 Å². The summed E-state index contributed by atoms with van der Waals surface area (Å²) in [4.78, 5) is 11.0. The first-order valence-corrected chi connectivity index (χ1v) is 3.74. The highest BCUT2D eigenvalue weighted by atomic mass is 19.1. The Morgan fingerprint density at radius 3 is 2.46 bits per heavy atom. The van der Waals surface area contributed by atoms with Gasteiger partial charge in [-0.05, 0) is 24.6 Å². The Bertz CT molecular complexity index is 350. The van der Waals surface area contributed by atoms with E-state index in [0.717, 1.165) is 12.1 Å². The quantitative estimate of drug-likeness (QED) is 0.707. The normalized spacial score (nSPS) is 9.85. The SMILES string of the molecule is CNC(=O)c1cc(F)c(C)cc1F. The van der Waals surface area contributed by atoms with Crippen LogP contribution in [0.2, 0.25) is 0 Å². The zero-order valence-electron chi connectivity index (χ0n) is 7.32. The van der Waals surface area contributed by atoms with Crippen molar-refractivity contribution in [3.8, 4) is 0 Å². The Morgan fingerprint density at radius 1 is 1.31 bits per heavy atom. The molecule has 0 atom stereocenters. The van der Waals surface area contributed by atoms with Crippen molar-refractivity contribution in [2.24, 2.45) is 0 Å². The average Bonchev–Trinajstić information content (AvgIpc) is 2.10. The van der Waals surface area contributed by atoms with E-state index in [0.29, 0.717) is 0 Å². The molecule has 1 N–H and O–H groups in total. The number of amides is 1. The van der Waals surface area contributed by atoms with Crippen LogP contribution in [0.25, 0.3) is 0 Å². The molecule has 0 aliphatic heterocycles. The molecule has 1 aromatic carbocycles. The Balaban J connectivity index is 3.23. The summed E-state index contributed by atoms with van der Waals surface area (Å²) >= 11 is 0. The van der Waals surface area contributed by atoms with E-state index in [9.17, 15) is 13.6 Å². The smallest absolute Gasteiger partial charge is 0.254 e. The van der Waals surface area contributed by atoms with Gasteiger partial charge in [-0.3, -0.25) is 4.79 Å². The van der Waals surface area contributed by atoms with Crippen LogP contribution in [0, 0.1) is 18.6 Å². The topological polar surface area (TPSA) is 29.1 Å². The maximum absolute atomic E-state index is 13.0. The lowest BCUT2D eigenvalue weighted by Gasteiger charge is -2.03. The van der Waals surface area contributed by atoms with Gasteiger partial charge in [0.1, 0.15) is 11.6 Å². The molecule has 0 aliphatic rings. The van der Waals surface area contributed by atoms with Crippen LogP contribution >= 0.6 is 0 Å². The molecule has 0 fully saturated rings. The van der Waals surface area contributed by atoms with Crippen molar-refractivity contribution >= 4 is 5.91 Å². The molecule has 2 nitrogen and oxygen atoms in total. The summed E-state index contributed by atoms with van der Waals surface area (Å²) in [5.74, 6) is -1.92. The third kappa shape index (κ3) is 1.83. The molecule has 0 aliphatic carbocycles. The maximum Gasteiger partial charge on any atom is 0.254 e. The van der Waals surface area contributed by atoms with Crippen molar-refractivity contribution in [3.05, 3.63) is 34.9 Å². The molecule has 0 saturated carbocycles. The van der Waals surface area contributed by atoms with Crippen molar-refractivity contribution in [1.82, 2.24) is 5.32 Å². The Hall–Kier alpha value is -1.45. The Morgan fingerprint density at radius 2 is 1.92 bits per heavy atom. The number of hydrogen-bond acceptors (Lipinski definition) is 1. The van der Waals surface area contributed by atoms with Gasteiger partial charge in [0.05, 0.1) is 5.56 Å². The van der Waals surface area contributed by atoms with Gasteiger partial charge in [-0.1, -0.05) is 0 Å². The minimum absolute atomic E-state index is 0.185. The lowest BCUT2D eigenvalue weighted by atomic mass is 10.1. The highest BCUT2D eigenvalue weighted by Gasteiger charge is 2.12. The first-order chi connectivity index (χ1) is 6.06. The zero-order chi connectivity index (χ0) is 10.0. The number of rotatable bonds is 1. The minimum Gasteiger partial charge on any atom is -0.355 e. The third-order valence-corrected chi connectivity index (χ3v) is 1.72. The van der Waals surface area contributed by atoms with Gasteiger partial charge >= 0.3 is 0 Å². The lowest BCUT2D eigenvalue weighted by Crippen LogP contribution is -2.19. The molecule has 1 amide bonds. The van der Waals surface area contributed by atoms with E-state index in [1.54, 1.807) is 0 Å². The van der Waals surface area contributed by atoms with Crippen LogP contribution in [0.4, 0.5) is 8.78 Å². The number of nitrogens with one attached hydrogen (secondary N) is 1. The molecule has 0 spiro atoms. The lowest BCUT2D eigenvalue weighted by molar-refractivity contribution is 0.0958. The summed E-state index contributed by atoms with van der Waals surface area (Å²) in [6.45, 7) is 1.44. The molecule has 0 radical (unpaired) electrons. The van der Waals surface area contributed by atoms with Gasteiger partial charge in [0.2, 0.25) is 0 Å². The fourth-order valence-corrected chi connectivity index (χ4v) is 0.955. The fourth-order valence-electron chi connectivity index (χ4n) is 0.955. The first-order valence-electron chi connectivity index (χ1n) is 3.74. The summed E-state index contributed by atoms with van der Waals surface area (Å²) in [5, 5.41) is 2.22. The second kappa shape index (κ2) is 3.51. The molecule has 13 heavy (non-hydrogen) atoms. The molecule has 0 bridgehead atoms. The van der Waals surface area contributed by atoms with Gasteiger partial charge in [0, 0.05) is 7.05 Å². The molecule has 4 heteroatoms. The number of carbonyl (C=O) groups excluding carboxylic acids is 1. The minimum atomic E-state index is -0.710. The van der Waals surface area contributed by atoms with Crippen molar-refractivity contribution in [3.63, 3.8) is 0 Å². The predicted octanol–water partition coefficient (Wildman–Crippen LogP) is 1.63. The number of carbonyl (C=O) groups is 1. The van der Waals surface area contributed by atoms with Crippen LogP contribution in [-0.4, -0.2) is 13.0 Å². The molecule has 0 unspecified atom stereocenters. The fraction of sp³-hybridized carbons (Fsp3) is 0.222. The average molecular weight is 185 g/mol. The van der Waals surface area contributed by atoms with Crippen LogP contribution in [0.5, 0.6) is 0 Å². The number of aryl methyl sites for hydroxylation is 1. The molecule has 0 aromatic heterocycles. The highest BCUT2D eigenvalue weighted by Crippen LogP contribution is 2.13. The van der Waals surface area contributed by atoms with Gasteiger partial charge < -0.3 is 5.32 Å². The van der Waals surface area contributed by atoms with Crippen LogP contribution in [-0.2, 0) is 0 Å². The summed E-state index contributed by atoms with van der Waals surface area (Å²) in [6.07, 6.45) is 0. The molecule has 70 valence electrons. The van der Waals surface area contributed by atoms with Gasteiger partial charge in [0.25, 0.3) is 5.91 Å². The Kier molecular flexibility index (Phi) is 2.60. The zero-order valence-corrected chi connectivity index (χ0v) is 7.32. The molecule has 0 saturated heterocycles. The van der Waals surface area contributed by atoms with Gasteiger partial charge in [0.15, 0.2) is 0 Å². The second-order valence-electron chi connectivity index (χ2n) is 2.66. The van der Waals surface area contributed by atoms with Crippen molar-refractivity contribution in [1.29, 1.82) is 0 Å². The van der Waals surface area contributed by atoms with Gasteiger partial charge in [-0.2, -0.15) is 0 Å². The van der Waals surface area contributed by atoms with E-state index >= 15 is 0 Å². The molecule has 1 rings (SSSR count). The Labute approximate surface area is 74.6 Å². The molecular weight excluding hydrogens is 176 g/mol. The van der Waals surface area contributed by atoms with Crippen molar-refractivity contribution in [2.45, 2.75) is 6.92 Å². The largest absolute Gasteiger partial charge is 0.355 e. The third-order valence-electron chi connectivity index (χ3n) is 1.72. The number of benzene rings is 1. The van der Waals surface area contributed by atoms with Gasteiger partial charge in [-0.15, -0.1) is 0 Å². The second-order valence-corrected chi connectivity index (χ2v) is 2.66. The summed E-state index contributed by atoms with van der Waals surface area (Å²) in [5.41, 5.74) is -0.0873. The number of hydrogen-bond donors (Lipinski definition) is 1. The van der Waals surface area contributed by atoms with Crippen molar-refractivity contribution < 1.29 is 13.6 Å². The maximum atomic E-state index is 13.0. The first kappa shape index (κ1) is 9.64. The standard InChI is InChI=1S/C9H9F2NO/c1-5-3-8(11)6(4-7(5)10)9(13)12-2/h3-4H,1-2H3,(H,12,13). The van der Waals surface area contributed by atoms with E-state index in [2.05, 4.69) is 5.32 Å².